The van der Waals surface area contributed by atoms with E-state index in [9.17, 15) is 4.79 Å². The molecule has 0 radical (unpaired) electrons. The van der Waals surface area contributed by atoms with Gasteiger partial charge in [0.25, 0.3) is 0 Å². The van der Waals surface area contributed by atoms with Crippen molar-refractivity contribution in [2.45, 2.75) is 20.5 Å². The molecule has 2 N–H and O–H groups in total. The number of ether oxygens (including phenoxy) is 2. The van der Waals surface area contributed by atoms with Crippen LogP contribution in [0.25, 0.3) is 0 Å². The summed E-state index contributed by atoms with van der Waals surface area (Å²) in [7, 11) is 1.34. The fourth-order valence-corrected chi connectivity index (χ4v) is 2.27. The highest BCUT2D eigenvalue weighted by Crippen LogP contribution is 2.25. The summed E-state index contributed by atoms with van der Waals surface area (Å²) in [4.78, 5) is 11.8. The number of rotatable bonds is 4. The maximum absolute atomic E-state index is 11.8. The Bertz CT molecular complexity index is 645. The summed E-state index contributed by atoms with van der Waals surface area (Å²) in [5, 5.41) is 0. The van der Waals surface area contributed by atoms with Crippen LogP contribution in [0.1, 0.15) is 27.0 Å². The highest BCUT2D eigenvalue weighted by Gasteiger charge is 2.16. The third kappa shape index (κ3) is 3.16. The third-order valence-electron chi connectivity index (χ3n) is 3.35. The number of carbonyl (C=O) groups excluding carboxylic acids is 1. The zero-order chi connectivity index (χ0) is 15.4. The first kappa shape index (κ1) is 14.9. The van der Waals surface area contributed by atoms with Gasteiger partial charge in [-0.15, -0.1) is 0 Å². The second kappa shape index (κ2) is 6.31. The molecule has 2 aromatic carbocycles. The van der Waals surface area contributed by atoms with E-state index in [0.29, 0.717) is 16.8 Å². The predicted octanol–water partition coefficient (Wildman–Crippen LogP) is 3.25. The molecule has 2 rings (SSSR count). The van der Waals surface area contributed by atoms with Gasteiger partial charge in [-0.1, -0.05) is 30.3 Å². The monoisotopic (exact) mass is 285 g/mol. The SMILES string of the molecule is COC(=O)c1c(N)cccc1COc1c(C)cccc1C. The molecule has 0 aliphatic heterocycles. The van der Waals surface area contributed by atoms with Crippen molar-refractivity contribution in [1.82, 2.24) is 0 Å². The molecule has 0 heterocycles. The van der Waals surface area contributed by atoms with Crippen molar-refractivity contribution in [3.05, 3.63) is 58.7 Å². The van der Waals surface area contributed by atoms with Gasteiger partial charge in [-0.25, -0.2) is 4.79 Å². The van der Waals surface area contributed by atoms with E-state index in [1.165, 1.54) is 7.11 Å². The van der Waals surface area contributed by atoms with E-state index in [0.717, 1.165) is 16.9 Å². The van der Waals surface area contributed by atoms with E-state index in [1.807, 2.05) is 38.1 Å². The van der Waals surface area contributed by atoms with Gasteiger partial charge < -0.3 is 15.2 Å². The normalized spacial score (nSPS) is 10.2. The first-order chi connectivity index (χ1) is 10.0. The Kier molecular flexibility index (Phi) is 4.48. The molecule has 0 spiro atoms. The fourth-order valence-electron chi connectivity index (χ4n) is 2.27. The van der Waals surface area contributed by atoms with E-state index < -0.39 is 5.97 Å². The number of aryl methyl sites for hydroxylation is 2. The Balaban J connectivity index is 2.29. The number of benzene rings is 2. The summed E-state index contributed by atoms with van der Waals surface area (Å²) in [5.41, 5.74) is 9.45. The lowest BCUT2D eigenvalue weighted by molar-refractivity contribution is 0.0599. The summed E-state index contributed by atoms with van der Waals surface area (Å²) in [6.07, 6.45) is 0. The standard InChI is InChI=1S/C17H19NO3/c1-11-6-4-7-12(2)16(11)21-10-13-8-5-9-14(18)15(13)17(19)20-3/h4-9H,10,18H2,1-3H3. The van der Waals surface area contributed by atoms with Gasteiger partial charge in [-0.3, -0.25) is 0 Å². The number of hydrogen-bond acceptors (Lipinski definition) is 4. The summed E-state index contributed by atoms with van der Waals surface area (Å²) >= 11 is 0. The minimum Gasteiger partial charge on any atom is -0.488 e. The van der Waals surface area contributed by atoms with E-state index in [1.54, 1.807) is 12.1 Å². The largest absolute Gasteiger partial charge is 0.488 e. The first-order valence-electron chi connectivity index (χ1n) is 6.69. The molecular formula is C17H19NO3. The summed E-state index contributed by atoms with van der Waals surface area (Å²) in [5.74, 6) is 0.379. The van der Waals surface area contributed by atoms with Crippen molar-refractivity contribution >= 4 is 11.7 Å². The molecule has 4 nitrogen and oxygen atoms in total. The molecule has 0 aromatic heterocycles. The van der Waals surface area contributed by atoms with Gasteiger partial charge in [0.05, 0.1) is 12.7 Å². The van der Waals surface area contributed by atoms with Gasteiger partial charge in [0, 0.05) is 11.3 Å². The highest BCUT2D eigenvalue weighted by atomic mass is 16.5. The van der Waals surface area contributed by atoms with Crippen LogP contribution in [0.2, 0.25) is 0 Å². The molecule has 0 amide bonds. The summed E-state index contributed by atoms with van der Waals surface area (Å²) in [6.45, 7) is 4.24. The van der Waals surface area contributed by atoms with Crippen LogP contribution < -0.4 is 10.5 Å². The van der Waals surface area contributed by atoms with Crippen LogP contribution in [0.3, 0.4) is 0 Å². The van der Waals surface area contributed by atoms with Crippen LogP contribution in [0.5, 0.6) is 5.75 Å². The molecule has 0 aliphatic carbocycles. The second-order valence-electron chi connectivity index (χ2n) is 4.88. The Labute approximate surface area is 124 Å². The van der Waals surface area contributed by atoms with Gasteiger partial charge in [0.2, 0.25) is 0 Å². The lowest BCUT2D eigenvalue weighted by atomic mass is 10.1. The molecule has 21 heavy (non-hydrogen) atoms. The zero-order valence-corrected chi connectivity index (χ0v) is 12.5. The molecule has 0 bridgehead atoms. The van der Waals surface area contributed by atoms with Crippen LogP contribution in [-0.4, -0.2) is 13.1 Å². The van der Waals surface area contributed by atoms with Crippen LogP contribution >= 0.6 is 0 Å². The number of hydrogen-bond donors (Lipinski definition) is 1. The van der Waals surface area contributed by atoms with E-state index in [-0.39, 0.29) is 6.61 Å². The average Bonchev–Trinajstić information content (AvgIpc) is 2.46. The maximum atomic E-state index is 11.8. The number of anilines is 1. The zero-order valence-electron chi connectivity index (χ0n) is 12.5. The van der Waals surface area contributed by atoms with Crippen molar-refractivity contribution in [2.75, 3.05) is 12.8 Å². The quantitative estimate of drug-likeness (QED) is 0.692. The fraction of sp³-hybridized carbons (Fsp3) is 0.235. The molecule has 0 saturated carbocycles. The van der Waals surface area contributed by atoms with Crippen molar-refractivity contribution < 1.29 is 14.3 Å². The topological polar surface area (TPSA) is 61.5 Å². The average molecular weight is 285 g/mol. The molecule has 2 aromatic rings. The van der Waals surface area contributed by atoms with Gasteiger partial charge in [-0.05, 0) is 31.0 Å². The van der Waals surface area contributed by atoms with Gasteiger partial charge in [0.1, 0.15) is 12.4 Å². The Morgan fingerprint density at radius 3 is 2.33 bits per heavy atom. The molecule has 0 saturated heterocycles. The number of esters is 1. The molecule has 110 valence electrons. The van der Waals surface area contributed by atoms with E-state index >= 15 is 0 Å². The highest BCUT2D eigenvalue weighted by molar-refractivity contribution is 5.96. The predicted molar refractivity (Wildman–Crippen MR) is 82.4 cm³/mol. The van der Waals surface area contributed by atoms with Crippen molar-refractivity contribution in [2.24, 2.45) is 0 Å². The Hall–Kier alpha value is -2.49. The Morgan fingerprint density at radius 1 is 1.10 bits per heavy atom. The van der Waals surface area contributed by atoms with E-state index in [2.05, 4.69) is 0 Å². The molecular weight excluding hydrogens is 266 g/mol. The van der Waals surface area contributed by atoms with Crippen molar-refractivity contribution in [3.8, 4) is 5.75 Å². The lowest BCUT2D eigenvalue weighted by Crippen LogP contribution is -2.11. The second-order valence-corrected chi connectivity index (χ2v) is 4.88. The minimum absolute atomic E-state index is 0.265. The van der Waals surface area contributed by atoms with Gasteiger partial charge >= 0.3 is 5.97 Å². The molecule has 0 unspecified atom stereocenters. The number of carbonyl (C=O) groups is 1. The molecule has 0 fully saturated rings. The molecule has 4 heteroatoms. The van der Waals surface area contributed by atoms with Crippen molar-refractivity contribution in [3.63, 3.8) is 0 Å². The van der Waals surface area contributed by atoms with Crippen molar-refractivity contribution in [1.29, 1.82) is 0 Å². The first-order valence-corrected chi connectivity index (χ1v) is 6.69. The lowest BCUT2D eigenvalue weighted by Gasteiger charge is -2.14. The van der Waals surface area contributed by atoms with Gasteiger partial charge in [-0.2, -0.15) is 0 Å². The van der Waals surface area contributed by atoms with Gasteiger partial charge in [0.15, 0.2) is 0 Å². The number of nitrogens with two attached hydrogens (primary N) is 1. The Morgan fingerprint density at radius 2 is 1.71 bits per heavy atom. The smallest absolute Gasteiger partial charge is 0.340 e. The maximum Gasteiger partial charge on any atom is 0.340 e. The molecule has 0 aliphatic rings. The van der Waals surface area contributed by atoms with Crippen LogP contribution in [-0.2, 0) is 11.3 Å². The third-order valence-corrected chi connectivity index (χ3v) is 3.35. The van der Waals surface area contributed by atoms with Crippen LogP contribution in [0.4, 0.5) is 5.69 Å². The number of nitrogen functional groups attached to an aromatic ring is 1. The van der Waals surface area contributed by atoms with Crippen LogP contribution in [0, 0.1) is 13.8 Å². The molecule has 0 atom stereocenters. The van der Waals surface area contributed by atoms with Crippen LogP contribution in [0.15, 0.2) is 36.4 Å². The minimum atomic E-state index is -0.451. The number of para-hydroxylation sites is 1. The number of methoxy groups -OCH3 is 1. The van der Waals surface area contributed by atoms with E-state index in [4.69, 9.17) is 15.2 Å². The summed E-state index contributed by atoms with van der Waals surface area (Å²) in [6, 6.07) is 11.2. The summed E-state index contributed by atoms with van der Waals surface area (Å²) < 4.78 is 10.7.